The fraction of sp³-hybridized carbons (Fsp3) is 0. The zero-order valence-corrected chi connectivity index (χ0v) is 9.17. The molecular weight excluding hydrogens is 212 g/mol. The lowest BCUT2D eigenvalue weighted by Gasteiger charge is -2.08. The van der Waals surface area contributed by atoms with Crippen molar-refractivity contribution in [3.05, 3.63) is 54.6 Å². The molecule has 2 aromatic carbocycles. The number of phenolic OH excluding ortho intramolecular Hbond substituents is 1. The molecule has 3 heteroatoms. The molecular formula is C14H12N2O. The minimum absolute atomic E-state index is 0.239. The second kappa shape index (κ2) is 3.56. The molecule has 3 nitrogen and oxygen atoms in total. The number of anilines is 1. The highest BCUT2D eigenvalue weighted by atomic mass is 16.3. The highest BCUT2D eigenvalue weighted by molar-refractivity contribution is 5.91. The predicted molar refractivity (Wildman–Crippen MR) is 69.4 cm³/mol. The van der Waals surface area contributed by atoms with Crippen molar-refractivity contribution in [1.29, 1.82) is 0 Å². The summed E-state index contributed by atoms with van der Waals surface area (Å²) in [5, 5.41) is 10.9. The Labute approximate surface area is 98.7 Å². The number of nitrogens with zero attached hydrogens (tertiary/aromatic N) is 1. The zero-order chi connectivity index (χ0) is 11.8. The Morgan fingerprint density at radius 3 is 2.47 bits per heavy atom. The number of hydrogen-bond donors (Lipinski definition) is 2. The summed E-state index contributed by atoms with van der Waals surface area (Å²) in [4.78, 5) is 0. The minimum atomic E-state index is 0.239. The first-order valence-electron chi connectivity index (χ1n) is 5.42. The molecule has 3 rings (SSSR count). The number of nitrogens with two attached hydrogens (primary N) is 1. The lowest BCUT2D eigenvalue weighted by Crippen LogP contribution is -1.99. The minimum Gasteiger partial charge on any atom is -0.506 e. The number of nitrogen functional groups attached to an aromatic ring is 1. The molecule has 0 aliphatic carbocycles. The first-order chi connectivity index (χ1) is 8.27. The van der Waals surface area contributed by atoms with Crippen LogP contribution < -0.4 is 5.73 Å². The van der Waals surface area contributed by atoms with Gasteiger partial charge in [-0.25, -0.2) is 0 Å². The number of phenols is 1. The van der Waals surface area contributed by atoms with Gasteiger partial charge in [0.25, 0.3) is 0 Å². The molecule has 3 N–H and O–H groups in total. The summed E-state index contributed by atoms with van der Waals surface area (Å²) in [6, 6.07) is 17.0. The zero-order valence-electron chi connectivity index (χ0n) is 9.17. The lowest BCUT2D eigenvalue weighted by atomic mass is 10.2. The van der Waals surface area contributed by atoms with E-state index in [4.69, 9.17) is 5.73 Å². The van der Waals surface area contributed by atoms with Crippen LogP contribution in [0.5, 0.6) is 5.75 Å². The van der Waals surface area contributed by atoms with E-state index < -0.39 is 0 Å². The van der Waals surface area contributed by atoms with Gasteiger partial charge in [-0.05, 0) is 24.3 Å². The molecule has 0 unspecified atom stereocenters. The monoisotopic (exact) mass is 224 g/mol. The molecule has 1 heterocycles. The van der Waals surface area contributed by atoms with Gasteiger partial charge in [0.2, 0.25) is 0 Å². The number of rotatable bonds is 1. The molecule has 84 valence electrons. The molecule has 0 radical (unpaired) electrons. The van der Waals surface area contributed by atoms with E-state index in [9.17, 15) is 5.11 Å². The summed E-state index contributed by atoms with van der Waals surface area (Å²) in [6.45, 7) is 0. The average Bonchev–Trinajstić information content (AvgIpc) is 2.68. The van der Waals surface area contributed by atoms with Crippen LogP contribution in [0, 0.1) is 0 Å². The van der Waals surface area contributed by atoms with Crippen molar-refractivity contribution in [2.45, 2.75) is 0 Å². The number of aromatic nitrogens is 1. The third-order valence-electron chi connectivity index (χ3n) is 2.85. The molecule has 0 fully saturated rings. The third kappa shape index (κ3) is 1.44. The number of fused-ring (bicyclic) bond motifs is 1. The SMILES string of the molecule is Nc1cc2cccc(O)c2n1-c1ccccc1. The normalized spacial score (nSPS) is 10.8. The maximum Gasteiger partial charge on any atom is 0.140 e. The number of benzene rings is 2. The van der Waals surface area contributed by atoms with Crippen molar-refractivity contribution in [3.63, 3.8) is 0 Å². The van der Waals surface area contributed by atoms with Crippen LogP contribution in [-0.2, 0) is 0 Å². The van der Waals surface area contributed by atoms with Gasteiger partial charge in [-0.3, -0.25) is 4.57 Å². The Hall–Kier alpha value is -2.42. The van der Waals surface area contributed by atoms with Crippen molar-refractivity contribution in [2.75, 3.05) is 5.73 Å². The van der Waals surface area contributed by atoms with Gasteiger partial charge in [0, 0.05) is 11.1 Å². The number of aromatic hydroxyl groups is 1. The average molecular weight is 224 g/mol. The fourth-order valence-electron chi connectivity index (χ4n) is 2.12. The van der Waals surface area contributed by atoms with E-state index in [2.05, 4.69) is 0 Å². The van der Waals surface area contributed by atoms with Gasteiger partial charge in [0.05, 0.1) is 5.52 Å². The van der Waals surface area contributed by atoms with Gasteiger partial charge in [0.1, 0.15) is 11.6 Å². The van der Waals surface area contributed by atoms with Crippen molar-refractivity contribution in [1.82, 2.24) is 4.57 Å². The maximum atomic E-state index is 9.95. The first-order valence-corrected chi connectivity index (χ1v) is 5.42. The summed E-state index contributed by atoms with van der Waals surface area (Å²) < 4.78 is 1.85. The molecule has 0 aliphatic rings. The van der Waals surface area contributed by atoms with Gasteiger partial charge >= 0.3 is 0 Å². The van der Waals surface area contributed by atoms with Crippen LogP contribution in [0.15, 0.2) is 54.6 Å². The molecule has 0 aliphatic heterocycles. The first kappa shape index (κ1) is 9.78. The van der Waals surface area contributed by atoms with Crippen LogP contribution >= 0.6 is 0 Å². The quantitative estimate of drug-likeness (QED) is 0.667. The van der Waals surface area contributed by atoms with E-state index in [0.29, 0.717) is 5.82 Å². The van der Waals surface area contributed by atoms with E-state index in [1.54, 1.807) is 6.07 Å². The highest BCUT2D eigenvalue weighted by Gasteiger charge is 2.10. The van der Waals surface area contributed by atoms with Crippen molar-refractivity contribution in [3.8, 4) is 11.4 Å². The Kier molecular flexibility index (Phi) is 2.05. The molecule has 0 amide bonds. The van der Waals surface area contributed by atoms with Crippen molar-refractivity contribution in [2.24, 2.45) is 0 Å². The van der Waals surface area contributed by atoms with Gasteiger partial charge < -0.3 is 10.8 Å². The van der Waals surface area contributed by atoms with Gasteiger partial charge in [-0.15, -0.1) is 0 Å². The van der Waals surface area contributed by atoms with E-state index in [-0.39, 0.29) is 5.75 Å². The Bertz CT molecular complexity index is 671. The second-order valence-corrected chi connectivity index (χ2v) is 3.96. The molecule has 0 bridgehead atoms. The molecule has 1 aromatic heterocycles. The Morgan fingerprint density at radius 1 is 0.941 bits per heavy atom. The summed E-state index contributed by atoms with van der Waals surface area (Å²) in [5.41, 5.74) is 7.70. The number of hydrogen-bond acceptors (Lipinski definition) is 2. The van der Waals surface area contributed by atoms with Crippen LogP contribution in [0.4, 0.5) is 5.82 Å². The second-order valence-electron chi connectivity index (χ2n) is 3.96. The summed E-state index contributed by atoms with van der Waals surface area (Å²) in [6.07, 6.45) is 0. The molecule has 0 spiro atoms. The highest BCUT2D eigenvalue weighted by Crippen LogP contribution is 2.31. The topological polar surface area (TPSA) is 51.2 Å². The third-order valence-corrected chi connectivity index (χ3v) is 2.85. The molecule has 17 heavy (non-hydrogen) atoms. The summed E-state index contributed by atoms with van der Waals surface area (Å²) >= 11 is 0. The van der Waals surface area contributed by atoms with E-state index in [1.165, 1.54) is 0 Å². The van der Waals surface area contributed by atoms with Crippen LogP contribution in [-0.4, -0.2) is 9.67 Å². The summed E-state index contributed by atoms with van der Waals surface area (Å²) in [7, 11) is 0. The van der Waals surface area contributed by atoms with Crippen LogP contribution in [0.1, 0.15) is 0 Å². The predicted octanol–water partition coefficient (Wildman–Crippen LogP) is 2.92. The maximum absolute atomic E-state index is 9.95. The molecule has 3 aromatic rings. The molecule has 0 saturated heterocycles. The standard InChI is InChI=1S/C14H12N2O/c15-13-9-10-5-4-8-12(17)14(10)16(13)11-6-2-1-3-7-11/h1-9,17H,15H2. The molecule has 0 atom stereocenters. The largest absolute Gasteiger partial charge is 0.506 e. The van der Waals surface area contributed by atoms with Crippen LogP contribution in [0.3, 0.4) is 0 Å². The van der Waals surface area contributed by atoms with Gasteiger partial charge in [0.15, 0.2) is 0 Å². The Morgan fingerprint density at radius 2 is 1.71 bits per heavy atom. The number of para-hydroxylation sites is 2. The molecule has 0 saturated carbocycles. The van der Waals surface area contributed by atoms with E-state index >= 15 is 0 Å². The lowest BCUT2D eigenvalue weighted by molar-refractivity contribution is 0.479. The fourth-order valence-corrected chi connectivity index (χ4v) is 2.12. The van der Waals surface area contributed by atoms with E-state index in [0.717, 1.165) is 16.6 Å². The van der Waals surface area contributed by atoms with Crippen LogP contribution in [0.25, 0.3) is 16.6 Å². The summed E-state index contributed by atoms with van der Waals surface area (Å²) in [5.74, 6) is 0.857. The van der Waals surface area contributed by atoms with Crippen molar-refractivity contribution >= 4 is 16.7 Å². The van der Waals surface area contributed by atoms with Crippen LogP contribution in [0.2, 0.25) is 0 Å². The Balaban J connectivity index is 2.40. The van der Waals surface area contributed by atoms with Gasteiger partial charge in [-0.2, -0.15) is 0 Å². The van der Waals surface area contributed by atoms with Crippen molar-refractivity contribution < 1.29 is 5.11 Å². The van der Waals surface area contributed by atoms with E-state index in [1.807, 2.05) is 53.1 Å². The smallest absolute Gasteiger partial charge is 0.140 e. The van der Waals surface area contributed by atoms with Gasteiger partial charge in [-0.1, -0.05) is 30.3 Å².